The molecule has 3 amide bonds. The van der Waals surface area contributed by atoms with Gasteiger partial charge in [0, 0.05) is 12.6 Å². The number of carbonyl (C=O) groups is 3. The molecule has 2 rings (SSSR count). The lowest BCUT2D eigenvalue weighted by atomic mass is 10.2. The summed E-state index contributed by atoms with van der Waals surface area (Å²) >= 11 is 5.87. The maximum absolute atomic E-state index is 12.2. The maximum Gasteiger partial charge on any atom is 0.271 e. The Morgan fingerprint density at radius 1 is 0.964 bits per heavy atom. The molecule has 28 heavy (non-hydrogen) atoms. The Labute approximate surface area is 166 Å². The van der Waals surface area contributed by atoms with Crippen molar-refractivity contribution in [1.82, 2.24) is 15.6 Å². The van der Waals surface area contributed by atoms with Crippen LogP contribution in [0.15, 0.2) is 53.4 Å². The highest BCUT2D eigenvalue weighted by atomic mass is 35.5. The maximum atomic E-state index is 12.2. The second kappa shape index (κ2) is 9.31. The molecule has 0 spiro atoms. The third kappa shape index (κ3) is 6.05. The summed E-state index contributed by atoms with van der Waals surface area (Å²) < 4.78 is 26.5. The molecule has 0 atom stereocenters. The minimum Gasteiger partial charge on any atom is -0.326 e. The van der Waals surface area contributed by atoms with E-state index in [0.29, 0.717) is 5.69 Å². The molecule has 0 aliphatic carbocycles. The van der Waals surface area contributed by atoms with Gasteiger partial charge in [0.05, 0.1) is 22.0 Å². The van der Waals surface area contributed by atoms with Crippen LogP contribution in [0.1, 0.15) is 17.3 Å². The van der Waals surface area contributed by atoms with E-state index in [1.54, 1.807) is 12.1 Å². The van der Waals surface area contributed by atoms with Crippen molar-refractivity contribution < 1.29 is 22.8 Å². The predicted molar refractivity (Wildman–Crippen MR) is 103 cm³/mol. The van der Waals surface area contributed by atoms with Gasteiger partial charge in [0.1, 0.15) is 0 Å². The normalized spacial score (nSPS) is 10.8. The Kier molecular flexibility index (Phi) is 7.10. The Morgan fingerprint density at radius 3 is 2.21 bits per heavy atom. The molecular formula is C17H17ClN4O5S. The summed E-state index contributed by atoms with van der Waals surface area (Å²) in [4.78, 5) is 34.6. The molecule has 0 aliphatic heterocycles. The number of benzene rings is 2. The van der Waals surface area contributed by atoms with Crippen molar-refractivity contribution in [3.05, 3.63) is 59.1 Å². The fourth-order valence-electron chi connectivity index (χ4n) is 2.05. The SMILES string of the molecule is CC(=O)Nc1ccc(S(=O)(=O)NCC(=O)NNC(=O)c2ccccc2Cl)cc1. The van der Waals surface area contributed by atoms with E-state index in [1.165, 1.54) is 43.3 Å². The van der Waals surface area contributed by atoms with Crippen molar-refractivity contribution in [2.45, 2.75) is 11.8 Å². The van der Waals surface area contributed by atoms with E-state index in [0.717, 1.165) is 0 Å². The lowest BCUT2D eigenvalue weighted by molar-refractivity contribution is -0.120. The predicted octanol–water partition coefficient (Wildman–Crippen LogP) is 1.04. The molecule has 0 aliphatic rings. The Bertz CT molecular complexity index is 993. The zero-order chi connectivity index (χ0) is 20.7. The topological polar surface area (TPSA) is 133 Å². The zero-order valence-corrected chi connectivity index (χ0v) is 16.2. The summed E-state index contributed by atoms with van der Waals surface area (Å²) in [6, 6.07) is 11.6. The summed E-state index contributed by atoms with van der Waals surface area (Å²) in [7, 11) is -3.96. The highest BCUT2D eigenvalue weighted by Gasteiger charge is 2.16. The number of amides is 3. The third-order valence-electron chi connectivity index (χ3n) is 3.34. The number of hydrazine groups is 1. The van der Waals surface area contributed by atoms with Crippen molar-refractivity contribution in [2.75, 3.05) is 11.9 Å². The van der Waals surface area contributed by atoms with Gasteiger partial charge < -0.3 is 5.32 Å². The first-order valence-electron chi connectivity index (χ1n) is 7.90. The molecule has 0 heterocycles. The van der Waals surface area contributed by atoms with Gasteiger partial charge >= 0.3 is 0 Å². The van der Waals surface area contributed by atoms with Crippen LogP contribution in [0.5, 0.6) is 0 Å². The molecule has 0 saturated heterocycles. The third-order valence-corrected chi connectivity index (χ3v) is 5.09. The van der Waals surface area contributed by atoms with Crippen molar-refractivity contribution in [2.24, 2.45) is 0 Å². The minimum atomic E-state index is -3.96. The number of hydrogen-bond donors (Lipinski definition) is 4. The van der Waals surface area contributed by atoms with Gasteiger partial charge in [0.25, 0.3) is 11.8 Å². The summed E-state index contributed by atoms with van der Waals surface area (Å²) in [5.41, 5.74) is 4.83. The number of hydrogen-bond acceptors (Lipinski definition) is 5. The summed E-state index contributed by atoms with van der Waals surface area (Å²) in [5.74, 6) is -1.71. The molecule has 0 saturated carbocycles. The number of sulfonamides is 1. The monoisotopic (exact) mass is 424 g/mol. The van der Waals surface area contributed by atoms with Gasteiger partial charge in [-0.25, -0.2) is 13.1 Å². The number of carbonyl (C=O) groups excluding carboxylic acids is 3. The molecule has 11 heteroatoms. The Hall–Kier alpha value is -2.95. The molecule has 2 aromatic rings. The van der Waals surface area contributed by atoms with Crippen molar-refractivity contribution >= 4 is 45.0 Å². The smallest absolute Gasteiger partial charge is 0.271 e. The van der Waals surface area contributed by atoms with E-state index in [9.17, 15) is 22.8 Å². The fraction of sp³-hybridized carbons (Fsp3) is 0.118. The molecule has 0 aromatic heterocycles. The van der Waals surface area contributed by atoms with E-state index in [1.807, 2.05) is 0 Å². The lowest BCUT2D eigenvalue weighted by Gasteiger charge is -2.10. The Morgan fingerprint density at radius 2 is 1.61 bits per heavy atom. The van der Waals surface area contributed by atoms with Crippen LogP contribution in [0.3, 0.4) is 0 Å². The van der Waals surface area contributed by atoms with Gasteiger partial charge in [-0.15, -0.1) is 0 Å². The fourth-order valence-corrected chi connectivity index (χ4v) is 3.25. The van der Waals surface area contributed by atoms with Crippen LogP contribution in [0.2, 0.25) is 5.02 Å². The first-order valence-corrected chi connectivity index (χ1v) is 9.76. The Balaban J connectivity index is 1.88. The highest BCUT2D eigenvalue weighted by Crippen LogP contribution is 2.14. The number of halogens is 1. The lowest BCUT2D eigenvalue weighted by Crippen LogP contribution is -2.46. The molecule has 0 bridgehead atoms. The second-order valence-electron chi connectivity index (χ2n) is 5.51. The van der Waals surface area contributed by atoms with Crippen molar-refractivity contribution in [3.8, 4) is 0 Å². The van der Waals surface area contributed by atoms with Crippen molar-refractivity contribution in [1.29, 1.82) is 0 Å². The molecule has 2 aromatic carbocycles. The molecule has 0 unspecified atom stereocenters. The number of rotatable bonds is 6. The van der Waals surface area contributed by atoms with Gasteiger partial charge in [-0.3, -0.25) is 25.2 Å². The molecule has 4 N–H and O–H groups in total. The van der Waals surface area contributed by atoms with Crippen LogP contribution in [0, 0.1) is 0 Å². The highest BCUT2D eigenvalue weighted by molar-refractivity contribution is 7.89. The summed E-state index contributed by atoms with van der Waals surface area (Å²) in [5, 5.41) is 2.72. The first kappa shape index (κ1) is 21.4. The van der Waals surface area contributed by atoms with Gasteiger partial charge in [0.2, 0.25) is 15.9 Å². The van der Waals surface area contributed by atoms with Crippen LogP contribution in [0.25, 0.3) is 0 Å². The van der Waals surface area contributed by atoms with E-state index >= 15 is 0 Å². The van der Waals surface area contributed by atoms with Crippen molar-refractivity contribution in [3.63, 3.8) is 0 Å². The van der Waals surface area contributed by atoms with Gasteiger partial charge in [-0.1, -0.05) is 23.7 Å². The average molecular weight is 425 g/mol. The van der Waals surface area contributed by atoms with E-state index in [4.69, 9.17) is 11.6 Å². The average Bonchev–Trinajstić information content (AvgIpc) is 2.65. The number of anilines is 1. The molecular weight excluding hydrogens is 408 g/mol. The summed E-state index contributed by atoms with van der Waals surface area (Å²) in [6.07, 6.45) is 0. The van der Waals surface area contributed by atoms with E-state index in [2.05, 4.69) is 20.9 Å². The van der Waals surface area contributed by atoms with Crippen LogP contribution >= 0.6 is 11.6 Å². The molecule has 148 valence electrons. The van der Waals surface area contributed by atoms with Gasteiger partial charge in [-0.05, 0) is 36.4 Å². The molecule has 9 nitrogen and oxygen atoms in total. The summed E-state index contributed by atoms with van der Waals surface area (Å²) in [6.45, 7) is 0.730. The van der Waals surface area contributed by atoms with Crippen LogP contribution < -0.4 is 20.9 Å². The second-order valence-corrected chi connectivity index (χ2v) is 7.69. The van der Waals surface area contributed by atoms with Gasteiger partial charge in [-0.2, -0.15) is 0 Å². The number of nitrogens with one attached hydrogen (secondary N) is 4. The van der Waals surface area contributed by atoms with E-state index in [-0.39, 0.29) is 21.4 Å². The largest absolute Gasteiger partial charge is 0.326 e. The van der Waals surface area contributed by atoms with Gasteiger partial charge in [0.15, 0.2) is 0 Å². The standard InChI is InChI=1S/C17H17ClN4O5S/c1-11(23)20-12-6-8-13(9-7-12)28(26,27)19-10-16(24)21-22-17(25)14-4-2-3-5-15(14)18/h2-9,19H,10H2,1H3,(H,20,23)(H,21,24)(H,22,25). The van der Waals surface area contributed by atoms with Crippen LogP contribution in [-0.2, 0) is 19.6 Å². The zero-order valence-electron chi connectivity index (χ0n) is 14.7. The van der Waals surface area contributed by atoms with E-state index < -0.39 is 28.4 Å². The quantitative estimate of drug-likeness (QED) is 0.514. The minimum absolute atomic E-state index is 0.0884. The van der Waals surface area contributed by atoms with Crippen LogP contribution in [-0.4, -0.2) is 32.7 Å². The molecule has 0 radical (unpaired) electrons. The van der Waals surface area contributed by atoms with Crippen LogP contribution in [0.4, 0.5) is 5.69 Å². The molecule has 0 fully saturated rings. The first-order chi connectivity index (χ1) is 13.2.